The number of hydrogen-bond donors (Lipinski definition) is 12. The lowest BCUT2D eigenvalue weighted by Crippen LogP contribution is -2.34. The van der Waals surface area contributed by atoms with Crippen LogP contribution in [-0.2, 0) is 58.5 Å². The molecule has 0 unspecified atom stereocenters. The van der Waals surface area contributed by atoms with Crippen molar-refractivity contribution in [1.82, 2.24) is 31.9 Å². The summed E-state index contributed by atoms with van der Waals surface area (Å²) in [7, 11) is 0. The molecule has 0 saturated carbocycles. The molecule has 18 nitrogen and oxygen atoms in total. The van der Waals surface area contributed by atoms with E-state index in [-0.39, 0.29) is 39.3 Å². The molecule has 5 aromatic carbocycles. The van der Waals surface area contributed by atoms with Gasteiger partial charge in [0, 0.05) is 39.3 Å². The number of anilines is 6. The average molecular weight is 937 g/mol. The maximum atomic E-state index is 13.9. The van der Waals surface area contributed by atoms with E-state index in [4.69, 9.17) is 0 Å². The quantitative estimate of drug-likeness (QED) is 0.0842. The summed E-state index contributed by atoms with van der Waals surface area (Å²) < 4.78 is 0. The highest BCUT2D eigenvalue weighted by Gasteiger charge is 2.24. The van der Waals surface area contributed by atoms with Gasteiger partial charge in [-0.05, 0) is 143 Å². The normalized spacial score (nSPS) is 15.0. The highest BCUT2D eigenvalue weighted by atomic mass is 16.2. The van der Waals surface area contributed by atoms with E-state index in [1.165, 1.54) is 0 Å². The van der Waals surface area contributed by atoms with Gasteiger partial charge in [0.1, 0.15) is 0 Å². The van der Waals surface area contributed by atoms with Crippen molar-refractivity contribution in [3.8, 4) is 0 Å². The summed E-state index contributed by atoms with van der Waals surface area (Å²) in [6, 6.07) is 18.2. The Bertz CT molecular complexity index is 2490. The van der Waals surface area contributed by atoms with Crippen LogP contribution in [0.25, 0.3) is 0 Å². The molecule has 0 spiro atoms. The fourth-order valence-electron chi connectivity index (χ4n) is 8.82. The zero-order valence-electron chi connectivity index (χ0n) is 39.7. The third-order valence-electron chi connectivity index (χ3n) is 12.0. The molecule has 8 rings (SSSR count). The lowest BCUT2D eigenvalue weighted by atomic mass is 9.83. The molecule has 360 valence electrons. The maximum absolute atomic E-state index is 13.9. The molecule has 6 bridgehead atoms. The standard InChI is InChI=1S/C51H60N12O6/c1-7-34-37-25-55-49(67)61-43-16-28(4)10-13-40(43)58-46(64)52-22-31-19-32-21-33(20-31)24-54-48(66)60-42-15-12-30(6)18-45(42)63-51(69)57-27-39(35(37)8-2)36(9-3)38(34)26-56-50(68)62-44-17-29(5)11-14-41(44)59-47(65)53-23-32/h10-21H,7-9,22-27H2,1-6H3,(H2,52,58,64)(H2,53,59,65)(H2,54,60,66)(H2,55,61,67)(H2,56,62,68)(H2,57,63,69). The van der Waals surface area contributed by atoms with Crippen molar-refractivity contribution in [3.63, 3.8) is 0 Å². The Labute approximate surface area is 401 Å². The van der Waals surface area contributed by atoms with Crippen LogP contribution in [0.4, 0.5) is 62.9 Å². The van der Waals surface area contributed by atoms with Crippen LogP contribution in [0.2, 0.25) is 0 Å². The zero-order chi connectivity index (χ0) is 49.2. The van der Waals surface area contributed by atoms with Crippen molar-refractivity contribution in [1.29, 1.82) is 0 Å². The average Bonchev–Trinajstić information content (AvgIpc) is 3.31. The van der Waals surface area contributed by atoms with Gasteiger partial charge in [0.25, 0.3) is 0 Å². The minimum absolute atomic E-state index is 0.0570. The lowest BCUT2D eigenvalue weighted by molar-refractivity contribution is 0.250. The summed E-state index contributed by atoms with van der Waals surface area (Å²) in [6.07, 6.45) is 1.65. The molecule has 0 aromatic heterocycles. The minimum Gasteiger partial charge on any atom is -0.334 e. The van der Waals surface area contributed by atoms with E-state index in [0.717, 1.165) is 50.1 Å². The second kappa shape index (κ2) is 22.0. The summed E-state index contributed by atoms with van der Waals surface area (Å²) in [6.45, 7) is 12.1. The number of amides is 12. The van der Waals surface area contributed by atoms with Crippen LogP contribution >= 0.6 is 0 Å². The highest BCUT2D eigenvalue weighted by Crippen LogP contribution is 2.32. The van der Waals surface area contributed by atoms with Crippen LogP contribution in [-0.4, -0.2) is 36.2 Å². The van der Waals surface area contributed by atoms with Gasteiger partial charge in [0.15, 0.2) is 0 Å². The Morgan fingerprint density at radius 3 is 0.797 bits per heavy atom. The predicted octanol–water partition coefficient (Wildman–Crippen LogP) is 8.86. The van der Waals surface area contributed by atoms with Crippen LogP contribution in [0.1, 0.15) is 87.5 Å². The summed E-state index contributed by atoms with van der Waals surface area (Å²) in [4.78, 5) is 82.3. The molecule has 12 amide bonds. The van der Waals surface area contributed by atoms with Crippen LogP contribution in [0.3, 0.4) is 0 Å². The molecule has 5 aromatic rings. The minimum atomic E-state index is -0.535. The first-order valence-corrected chi connectivity index (χ1v) is 23.1. The van der Waals surface area contributed by atoms with E-state index in [2.05, 4.69) is 63.8 Å². The van der Waals surface area contributed by atoms with Crippen molar-refractivity contribution in [2.75, 3.05) is 31.9 Å². The Morgan fingerprint density at radius 1 is 0.319 bits per heavy atom. The van der Waals surface area contributed by atoms with Crippen LogP contribution in [0.15, 0.2) is 72.8 Å². The van der Waals surface area contributed by atoms with E-state index >= 15 is 0 Å². The molecule has 3 aliphatic heterocycles. The monoisotopic (exact) mass is 936 g/mol. The van der Waals surface area contributed by atoms with E-state index in [9.17, 15) is 28.8 Å². The Kier molecular flexibility index (Phi) is 15.5. The van der Waals surface area contributed by atoms with Crippen molar-refractivity contribution < 1.29 is 28.8 Å². The first-order valence-electron chi connectivity index (χ1n) is 23.1. The van der Waals surface area contributed by atoms with E-state index in [1.807, 2.05) is 77.9 Å². The van der Waals surface area contributed by atoms with Gasteiger partial charge in [0.2, 0.25) is 0 Å². The maximum Gasteiger partial charge on any atom is 0.319 e. The third kappa shape index (κ3) is 12.4. The van der Waals surface area contributed by atoms with E-state index < -0.39 is 36.2 Å². The van der Waals surface area contributed by atoms with Gasteiger partial charge >= 0.3 is 36.2 Å². The summed E-state index contributed by atoms with van der Waals surface area (Å²) in [5, 5.41) is 35.2. The predicted molar refractivity (Wildman–Crippen MR) is 270 cm³/mol. The third-order valence-corrected chi connectivity index (χ3v) is 12.0. The Morgan fingerprint density at radius 2 is 0.551 bits per heavy atom. The first kappa shape index (κ1) is 48.6. The number of aryl methyl sites for hydroxylation is 3. The Balaban J connectivity index is 1.37. The van der Waals surface area contributed by atoms with Crippen LogP contribution < -0.4 is 63.8 Å². The molecule has 3 heterocycles. The molecular formula is C51H60N12O6. The van der Waals surface area contributed by atoms with Crippen molar-refractivity contribution in [2.24, 2.45) is 0 Å². The molecule has 12 N–H and O–H groups in total. The lowest BCUT2D eigenvalue weighted by Gasteiger charge is -2.27. The molecule has 0 saturated heterocycles. The molecule has 18 heteroatoms. The van der Waals surface area contributed by atoms with Crippen molar-refractivity contribution in [2.45, 2.75) is 100 Å². The molecule has 3 aliphatic rings. The molecule has 0 aliphatic carbocycles. The molecular weight excluding hydrogens is 877 g/mol. The van der Waals surface area contributed by atoms with Gasteiger partial charge in [-0.3, -0.25) is 0 Å². The number of rotatable bonds is 3. The summed E-state index contributed by atoms with van der Waals surface area (Å²) in [5.74, 6) is 0. The fraction of sp³-hybridized carbons (Fsp3) is 0.294. The van der Waals surface area contributed by atoms with Gasteiger partial charge in [-0.15, -0.1) is 0 Å². The molecule has 0 fully saturated rings. The number of hydrogen-bond acceptors (Lipinski definition) is 6. The number of fused-ring (bicyclic) bond motifs is 18. The van der Waals surface area contributed by atoms with Gasteiger partial charge in [-0.2, -0.15) is 0 Å². The number of carbonyl (C=O) groups is 6. The number of urea groups is 6. The second-order valence-electron chi connectivity index (χ2n) is 17.1. The number of nitrogens with one attached hydrogen (secondary N) is 12. The highest BCUT2D eigenvalue weighted by molar-refractivity contribution is 6.01. The molecule has 69 heavy (non-hydrogen) atoms. The van der Waals surface area contributed by atoms with Gasteiger partial charge in [-0.25, -0.2) is 28.8 Å². The largest absolute Gasteiger partial charge is 0.334 e. The number of carbonyl (C=O) groups excluding carboxylic acids is 6. The van der Waals surface area contributed by atoms with E-state index in [1.54, 1.807) is 36.4 Å². The zero-order valence-corrected chi connectivity index (χ0v) is 39.7. The SMILES string of the molecule is CCc1c2c(CC)c3c(CC)c1CNC(=O)Nc1cc(C)ccc1NC(=O)NCc1cc(cc(c1)CNC(=O)Nc1ccc(C)cc1NC(=O)NC3)CNC(=O)Nc1ccc(C)cc1NC(=O)NC2. The van der Waals surface area contributed by atoms with Gasteiger partial charge < -0.3 is 63.8 Å². The number of benzene rings is 5. The molecule has 0 radical (unpaired) electrons. The van der Waals surface area contributed by atoms with Gasteiger partial charge in [-0.1, -0.05) is 57.2 Å². The Hall–Kier alpha value is -8.28. The van der Waals surface area contributed by atoms with Crippen LogP contribution in [0.5, 0.6) is 0 Å². The summed E-state index contributed by atoms with van der Waals surface area (Å²) >= 11 is 0. The topological polar surface area (TPSA) is 247 Å². The second-order valence-corrected chi connectivity index (χ2v) is 17.1. The van der Waals surface area contributed by atoms with E-state index in [0.29, 0.717) is 70.1 Å². The first-order chi connectivity index (χ1) is 33.2. The van der Waals surface area contributed by atoms with Crippen molar-refractivity contribution >= 4 is 70.3 Å². The smallest absolute Gasteiger partial charge is 0.319 e. The fourth-order valence-corrected chi connectivity index (χ4v) is 8.82. The van der Waals surface area contributed by atoms with Gasteiger partial charge in [0.05, 0.1) is 34.1 Å². The summed E-state index contributed by atoms with van der Waals surface area (Å²) in [5.41, 5.74) is 12.0. The van der Waals surface area contributed by atoms with Crippen molar-refractivity contribution in [3.05, 3.63) is 140 Å². The molecule has 0 atom stereocenters. The van der Waals surface area contributed by atoms with Crippen LogP contribution in [0, 0.1) is 20.8 Å².